The van der Waals surface area contributed by atoms with Gasteiger partial charge in [-0.3, -0.25) is 9.20 Å². The molecule has 0 saturated heterocycles. The van der Waals surface area contributed by atoms with Gasteiger partial charge in [0.15, 0.2) is 11.8 Å². The molecular weight excluding hydrogens is 487 g/mol. The van der Waals surface area contributed by atoms with E-state index in [1.54, 1.807) is 7.05 Å². The summed E-state index contributed by atoms with van der Waals surface area (Å²) in [7, 11) is 0.867. The average Bonchev–Trinajstić information content (AvgIpc) is 3.10. The molecule has 9 heteroatoms. The predicted molar refractivity (Wildman–Crippen MR) is 125 cm³/mol. The summed E-state index contributed by atoms with van der Waals surface area (Å²) in [6.45, 7) is 3.49. The molecule has 0 amide bonds. The number of halogens is 1. The predicted octanol–water partition coefficient (Wildman–Crippen LogP) is 1.89. The maximum absolute atomic E-state index is 12.2. The summed E-state index contributed by atoms with van der Waals surface area (Å²) < 4.78 is 14.2. The van der Waals surface area contributed by atoms with Gasteiger partial charge in [-0.05, 0) is 12.0 Å². The zero-order chi connectivity index (χ0) is 19.1. The summed E-state index contributed by atoms with van der Waals surface area (Å²) >= 11 is 0. The third kappa shape index (κ3) is 6.54. The number of nitrogens with zero attached hydrogens (tertiary/aromatic N) is 4. The maximum atomic E-state index is 12.2. The van der Waals surface area contributed by atoms with Crippen molar-refractivity contribution >= 4 is 40.7 Å². The second-order valence-electron chi connectivity index (χ2n) is 6.63. The van der Waals surface area contributed by atoms with Crippen molar-refractivity contribution in [2.75, 3.05) is 19.3 Å². The van der Waals surface area contributed by atoms with Gasteiger partial charge in [-0.15, -0.1) is 24.0 Å². The summed E-state index contributed by atoms with van der Waals surface area (Å²) in [6, 6.07) is 10.2. The van der Waals surface area contributed by atoms with Crippen LogP contribution in [0.3, 0.4) is 0 Å². The van der Waals surface area contributed by atoms with Gasteiger partial charge >= 0.3 is 0 Å². The van der Waals surface area contributed by atoms with Crippen molar-refractivity contribution in [1.82, 2.24) is 25.4 Å². The van der Waals surface area contributed by atoms with Crippen LogP contribution in [0, 0.1) is 0 Å². The molecule has 0 spiro atoms. The zero-order valence-electron chi connectivity index (χ0n) is 16.4. The van der Waals surface area contributed by atoms with Crippen molar-refractivity contribution in [3.05, 3.63) is 47.5 Å². The Hall–Kier alpha value is -1.49. The second kappa shape index (κ2) is 11.5. The molecule has 0 bridgehead atoms. The normalized spacial score (nSPS) is 17.4. The first-order valence-corrected chi connectivity index (χ1v) is 11.0. The fourth-order valence-corrected chi connectivity index (χ4v) is 4.17. The van der Waals surface area contributed by atoms with Gasteiger partial charge in [0.2, 0.25) is 0 Å². The quantitative estimate of drug-likeness (QED) is 0.334. The van der Waals surface area contributed by atoms with Crippen molar-refractivity contribution in [3.8, 4) is 0 Å². The van der Waals surface area contributed by atoms with Crippen LogP contribution in [-0.2, 0) is 35.9 Å². The summed E-state index contributed by atoms with van der Waals surface area (Å²) in [4.78, 5) is 8.84. The highest BCUT2D eigenvalue weighted by atomic mass is 127. The number of rotatable bonds is 7. The van der Waals surface area contributed by atoms with E-state index in [4.69, 9.17) is 0 Å². The molecule has 0 radical (unpaired) electrons. The van der Waals surface area contributed by atoms with Crippen molar-refractivity contribution in [2.24, 2.45) is 4.99 Å². The Morgan fingerprint density at radius 3 is 2.86 bits per heavy atom. The molecule has 0 fully saturated rings. The lowest BCUT2D eigenvalue weighted by Gasteiger charge is -2.25. The zero-order valence-corrected chi connectivity index (χ0v) is 19.6. The lowest BCUT2D eigenvalue weighted by atomic mass is 10.1. The highest BCUT2D eigenvalue weighted by Gasteiger charge is 2.22. The fourth-order valence-electron chi connectivity index (χ4n) is 3.13. The van der Waals surface area contributed by atoms with Gasteiger partial charge in [-0.2, -0.15) is 5.10 Å². The molecule has 0 aliphatic carbocycles. The molecule has 2 atom stereocenters. The summed E-state index contributed by atoms with van der Waals surface area (Å²) in [5.41, 5.74) is 1.11. The SMILES string of the molecule is CCc1nc2n(n1)CC(NC(=NC)NCCS(=O)Cc1ccccc1)CC2.I. The lowest BCUT2D eigenvalue weighted by Crippen LogP contribution is -2.47. The minimum Gasteiger partial charge on any atom is -0.355 e. The second-order valence-corrected chi connectivity index (χ2v) is 8.21. The van der Waals surface area contributed by atoms with E-state index in [-0.39, 0.29) is 30.0 Å². The summed E-state index contributed by atoms with van der Waals surface area (Å²) in [6.07, 6.45) is 2.78. The van der Waals surface area contributed by atoms with Crippen molar-refractivity contribution < 1.29 is 4.21 Å². The molecule has 7 nitrogen and oxygen atoms in total. The molecule has 28 heavy (non-hydrogen) atoms. The molecule has 1 aliphatic rings. The van der Waals surface area contributed by atoms with Crippen LogP contribution < -0.4 is 10.6 Å². The molecule has 1 aromatic heterocycles. The fraction of sp³-hybridized carbons (Fsp3) is 0.526. The van der Waals surface area contributed by atoms with Crippen LogP contribution in [0.25, 0.3) is 0 Å². The number of hydrogen-bond acceptors (Lipinski definition) is 4. The lowest BCUT2D eigenvalue weighted by molar-refractivity contribution is 0.392. The average molecular weight is 516 g/mol. The standard InChI is InChI=1S/C19H28N6OS.HI/c1-3-17-23-18-10-9-16(13-25(18)24-17)22-19(20-2)21-11-12-27(26)14-15-7-5-4-6-8-15;/h4-8,16H,3,9-14H2,1-2H3,(H2,20,21,22);1H. The van der Waals surface area contributed by atoms with Crippen LogP contribution in [0.4, 0.5) is 0 Å². The van der Waals surface area contributed by atoms with Crippen molar-refractivity contribution in [2.45, 2.75) is 44.5 Å². The van der Waals surface area contributed by atoms with Crippen LogP contribution in [-0.4, -0.2) is 50.3 Å². The third-order valence-electron chi connectivity index (χ3n) is 4.58. The monoisotopic (exact) mass is 516 g/mol. The van der Waals surface area contributed by atoms with Gasteiger partial charge in [0, 0.05) is 54.8 Å². The smallest absolute Gasteiger partial charge is 0.191 e. The molecular formula is C19H29IN6OS. The van der Waals surface area contributed by atoms with Crippen molar-refractivity contribution in [1.29, 1.82) is 0 Å². The highest BCUT2D eigenvalue weighted by Crippen LogP contribution is 2.13. The van der Waals surface area contributed by atoms with Gasteiger partial charge in [-0.25, -0.2) is 9.67 Å². The Morgan fingerprint density at radius 1 is 1.36 bits per heavy atom. The summed E-state index contributed by atoms with van der Waals surface area (Å²) in [5, 5.41) is 11.3. The van der Waals surface area contributed by atoms with E-state index in [2.05, 4.69) is 32.6 Å². The third-order valence-corrected chi connectivity index (χ3v) is 5.89. The Balaban J connectivity index is 0.00000280. The Bertz CT molecular complexity index is 795. The minimum absolute atomic E-state index is 0. The number of aliphatic imine (C=N–C) groups is 1. The van der Waals surface area contributed by atoms with Crippen molar-refractivity contribution in [3.63, 3.8) is 0 Å². The van der Waals surface area contributed by atoms with E-state index in [0.717, 1.165) is 49.0 Å². The minimum atomic E-state index is -0.892. The van der Waals surface area contributed by atoms with E-state index in [1.807, 2.05) is 35.0 Å². The number of guanidine groups is 1. The van der Waals surface area contributed by atoms with Gasteiger partial charge in [0.1, 0.15) is 5.82 Å². The topological polar surface area (TPSA) is 84.2 Å². The molecule has 2 heterocycles. The van der Waals surface area contributed by atoms with Gasteiger partial charge in [-0.1, -0.05) is 37.3 Å². The van der Waals surface area contributed by atoms with E-state index in [0.29, 0.717) is 18.1 Å². The molecule has 1 aromatic carbocycles. The maximum Gasteiger partial charge on any atom is 0.191 e. The molecule has 2 aromatic rings. The van der Waals surface area contributed by atoms with Gasteiger partial charge < -0.3 is 10.6 Å². The first-order valence-electron chi connectivity index (χ1n) is 9.46. The number of aryl methyl sites for hydroxylation is 2. The Labute approximate surface area is 186 Å². The van der Waals surface area contributed by atoms with Crippen LogP contribution in [0.2, 0.25) is 0 Å². The van der Waals surface area contributed by atoms with E-state index >= 15 is 0 Å². The molecule has 3 rings (SSSR count). The highest BCUT2D eigenvalue weighted by molar-refractivity contribution is 14.0. The van der Waals surface area contributed by atoms with Crippen LogP contribution >= 0.6 is 24.0 Å². The number of aromatic nitrogens is 3. The van der Waals surface area contributed by atoms with E-state index in [9.17, 15) is 4.21 Å². The van der Waals surface area contributed by atoms with Crippen LogP contribution in [0.5, 0.6) is 0 Å². The molecule has 2 N–H and O–H groups in total. The van der Waals surface area contributed by atoms with Gasteiger partial charge in [0.25, 0.3) is 0 Å². The Kier molecular flexibility index (Phi) is 9.36. The van der Waals surface area contributed by atoms with E-state index in [1.165, 1.54) is 0 Å². The number of nitrogens with one attached hydrogen (secondary N) is 2. The van der Waals surface area contributed by atoms with Gasteiger partial charge in [0.05, 0.1) is 6.54 Å². The van der Waals surface area contributed by atoms with Crippen LogP contribution in [0.15, 0.2) is 35.3 Å². The number of fused-ring (bicyclic) bond motifs is 1. The molecule has 0 saturated carbocycles. The number of hydrogen-bond donors (Lipinski definition) is 2. The largest absolute Gasteiger partial charge is 0.355 e. The molecule has 154 valence electrons. The van der Waals surface area contributed by atoms with Crippen LogP contribution in [0.1, 0.15) is 30.6 Å². The molecule has 1 aliphatic heterocycles. The molecule has 2 unspecified atom stereocenters. The summed E-state index contributed by atoms with van der Waals surface area (Å²) in [5.74, 6) is 3.91. The first-order chi connectivity index (χ1) is 13.2. The van der Waals surface area contributed by atoms with E-state index < -0.39 is 10.8 Å². The Morgan fingerprint density at radius 2 is 2.14 bits per heavy atom. The first kappa shape index (κ1) is 22.8. The number of benzene rings is 1.